The van der Waals surface area contributed by atoms with Gasteiger partial charge in [0.1, 0.15) is 6.10 Å². The van der Waals surface area contributed by atoms with Crippen LogP contribution < -0.4 is 0 Å². The van der Waals surface area contributed by atoms with Crippen molar-refractivity contribution in [1.82, 2.24) is 4.98 Å². The Bertz CT molecular complexity index is 613. The van der Waals surface area contributed by atoms with Crippen molar-refractivity contribution in [2.45, 2.75) is 12.7 Å². The Hall–Kier alpha value is -2.45. The zero-order valence-electron chi connectivity index (χ0n) is 11.7. The Morgan fingerprint density at radius 2 is 1.38 bits per heavy atom. The summed E-state index contributed by atoms with van der Waals surface area (Å²) < 4.78 is 6.16. The lowest BCUT2D eigenvalue weighted by atomic mass is 10.0. The molecule has 1 heterocycles. The lowest BCUT2D eigenvalue weighted by Crippen LogP contribution is -2.06. The normalized spacial score (nSPS) is 10.7. The molecule has 0 aliphatic rings. The van der Waals surface area contributed by atoms with Gasteiger partial charge < -0.3 is 4.74 Å². The second-order valence-electron chi connectivity index (χ2n) is 4.87. The minimum absolute atomic E-state index is 0.0624. The Morgan fingerprint density at radius 1 is 0.762 bits per heavy atom. The Labute approximate surface area is 125 Å². The molecular weight excluding hydrogens is 258 g/mol. The van der Waals surface area contributed by atoms with Crippen molar-refractivity contribution in [1.29, 1.82) is 0 Å². The van der Waals surface area contributed by atoms with Gasteiger partial charge in [-0.3, -0.25) is 4.98 Å². The molecule has 1 aromatic heterocycles. The molecule has 0 N–H and O–H groups in total. The highest BCUT2D eigenvalue weighted by Gasteiger charge is 2.14. The first-order chi connectivity index (χ1) is 10.4. The first-order valence-electron chi connectivity index (χ1n) is 7.04. The Kier molecular flexibility index (Phi) is 4.39. The van der Waals surface area contributed by atoms with Crippen molar-refractivity contribution >= 4 is 0 Å². The van der Waals surface area contributed by atoms with Crippen LogP contribution in [-0.2, 0) is 11.3 Å². The SMILES string of the molecule is c1ccc(C(OCc2cccnc2)c2ccccc2)cc1. The highest BCUT2D eigenvalue weighted by Crippen LogP contribution is 2.26. The van der Waals surface area contributed by atoms with Gasteiger partial charge in [0.2, 0.25) is 0 Å². The third-order valence-corrected chi connectivity index (χ3v) is 3.34. The summed E-state index contributed by atoms with van der Waals surface area (Å²) >= 11 is 0. The summed E-state index contributed by atoms with van der Waals surface area (Å²) in [5.41, 5.74) is 3.40. The number of rotatable bonds is 5. The van der Waals surface area contributed by atoms with E-state index < -0.39 is 0 Å². The molecule has 0 radical (unpaired) electrons. The third-order valence-electron chi connectivity index (χ3n) is 3.34. The fourth-order valence-electron chi connectivity index (χ4n) is 2.30. The Morgan fingerprint density at radius 3 is 1.90 bits per heavy atom. The zero-order chi connectivity index (χ0) is 14.3. The lowest BCUT2D eigenvalue weighted by molar-refractivity contribution is 0.0666. The van der Waals surface area contributed by atoms with Crippen LogP contribution in [0.15, 0.2) is 85.2 Å². The summed E-state index contributed by atoms with van der Waals surface area (Å²) in [7, 11) is 0. The molecule has 2 heteroatoms. The molecule has 0 saturated carbocycles. The standard InChI is InChI=1S/C19H17NO/c1-3-9-17(10-4-1)19(18-11-5-2-6-12-18)21-15-16-8-7-13-20-14-16/h1-14,19H,15H2. The van der Waals surface area contributed by atoms with Crippen LogP contribution in [0.5, 0.6) is 0 Å². The first kappa shape index (κ1) is 13.5. The maximum atomic E-state index is 6.16. The average molecular weight is 275 g/mol. The van der Waals surface area contributed by atoms with E-state index in [9.17, 15) is 0 Å². The van der Waals surface area contributed by atoms with Gasteiger partial charge in [0.05, 0.1) is 6.61 Å². The quantitative estimate of drug-likeness (QED) is 0.689. The van der Waals surface area contributed by atoms with E-state index in [1.807, 2.05) is 54.7 Å². The van der Waals surface area contributed by atoms with Gasteiger partial charge in [-0.1, -0.05) is 66.7 Å². The average Bonchev–Trinajstić information content (AvgIpc) is 2.58. The van der Waals surface area contributed by atoms with Gasteiger partial charge in [-0.05, 0) is 22.8 Å². The highest BCUT2D eigenvalue weighted by molar-refractivity contribution is 5.30. The van der Waals surface area contributed by atoms with E-state index in [1.165, 1.54) is 0 Å². The summed E-state index contributed by atoms with van der Waals surface area (Å²) in [4.78, 5) is 4.13. The molecule has 0 aliphatic heterocycles. The van der Waals surface area contributed by atoms with Gasteiger partial charge in [0.15, 0.2) is 0 Å². The summed E-state index contributed by atoms with van der Waals surface area (Å²) in [6.45, 7) is 0.544. The van der Waals surface area contributed by atoms with Crippen molar-refractivity contribution in [3.63, 3.8) is 0 Å². The van der Waals surface area contributed by atoms with Gasteiger partial charge in [0.25, 0.3) is 0 Å². The van der Waals surface area contributed by atoms with Crippen LogP contribution in [0.1, 0.15) is 22.8 Å². The molecular formula is C19H17NO. The molecule has 0 saturated heterocycles. The van der Waals surface area contributed by atoms with Gasteiger partial charge in [-0.15, -0.1) is 0 Å². The predicted molar refractivity (Wildman–Crippen MR) is 83.8 cm³/mol. The third kappa shape index (κ3) is 3.56. The smallest absolute Gasteiger partial charge is 0.108 e. The maximum absolute atomic E-state index is 6.16. The molecule has 3 aromatic rings. The predicted octanol–water partition coefficient (Wildman–Crippen LogP) is 4.39. The van der Waals surface area contributed by atoms with E-state index in [4.69, 9.17) is 4.74 Å². The molecule has 0 bridgehead atoms. The molecule has 0 atom stereocenters. The fourth-order valence-corrected chi connectivity index (χ4v) is 2.30. The number of pyridine rings is 1. The molecule has 0 aliphatic carbocycles. The van der Waals surface area contributed by atoms with Crippen molar-refractivity contribution in [3.05, 3.63) is 102 Å². The number of hydrogen-bond acceptors (Lipinski definition) is 2. The monoisotopic (exact) mass is 275 g/mol. The second-order valence-corrected chi connectivity index (χ2v) is 4.87. The van der Waals surface area contributed by atoms with E-state index in [1.54, 1.807) is 6.20 Å². The summed E-state index contributed by atoms with van der Waals surface area (Å²) in [6.07, 6.45) is 3.55. The van der Waals surface area contributed by atoms with Crippen LogP contribution in [0.25, 0.3) is 0 Å². The minimum Gasteiger partial charge on any atom is -0.364 e. The first-order valence-corrected chi connectivity index (χ1v) is 7.04. The second kappa shape index (κ2) is 6.82. The number of hydrogen-bond donors (Lipinski definition) is 0. The van der Waals surface area contributed by atoms with E-state index in [2.05, 4.69) is 29.2 Å². The van der Waals surface area contributed by atoms with Crippen LogP contribution in [0.2, 0.25) is 0 Å². The van der Waals surface area contributed by atoms with Crippen molar-refractivity contribution in [3.8, 4) is 0 Å². The van der Waals surface area contributed by atoms with Gasteiger partial charge in [-0.2, -0.15) is 0 Å². The highest BCUT2D eigenvalue weighted by atomic mass is 16.5. The molecule has 104 valence electrons. The zero-order valence-corrected chi connectivity index (χ0v) is 11.7. The van der Waals surface area contributed by atoms with E-state index in [0.717, 1.165) is 16.7 Å². The van der Waals surface area contributed by atoms with Crippen molar-refractivity contribution < 1.29 is 4.74 Å². The summed E-state index contributed by atoms with van der Waals surface area (Å²) in [5.74, 6) is 0. The number of nitrogens with zero attached hydrogens (tertiary/aromatic N) is 1. The van der Waals surface area contributed by atoms with Gasteiger partial charge >= 0.3 is 0 Å². The van der Waals surface area contributed by atoms with E-state index in [-0.39, 0.29) is 6.10 Å². The summed E-state index contributed by atoms with van der Waals surface area (Å²) in [5, 5.41) is 0. The topological polar surface area (TPSA) is 22.1 Å². The largest absolute Gasteiger partial charge is 0.364 e. The minimum atomic E-state index is -0.0624. The maximum Gasteiger partial charge on any atom is 0.108 e. The van der Waals surface area contributed by atoms with Gasteiger partial charge in [0, 0.05) is 12.4 Å². The molecule has 0 spiro atoms. The Balaban J connectivity index is 1.83. The van der Waals surface area contributed by atoms with Crippen molar-refractivity contribution in [2.24, 2.45) is 0 Å². The van der Waals surface area contributed by atoms with Crippen LogP contribution in [0, 0.1) is 0 Å². The number of ether oxygens (including phenoxy) is 1. The van der Waals surface area contributed by atoms with Crippen molar-refractivity contribution in [2.75, 3.05) is 0 Å². The number of aromatic nitrogens is 1. The molecule has 0 unspecified atom stereocenters. The fraction of sp³-hybridized carbons (Fsp3) is 0.105. The molecule has 0 amide bonds. The van der Waals surface area contributed by atoms with Gasteiger partial charge in [-0.25, -0.2) is 0 Å². The van der Waals surface area contributed by atoms with E-state index >= 15 is 0 Å². The van der Waals surface area contributed by atoms with Crippen LogP contribution in [0.3, 0.4) is 0 Å². The molecule has 2 aromatic carbocycles. The lowest BCUT2D eigenvalue weighted by Gasteiger charge is -2.19. The van der Waals surface area contributed by atoms with Crippen LogP contribution in [-0.4, -0.2) is 4.98 Å². The number of benzene rings is 2. The van der Waals surface area contributed by atoms with E-state index in [0.29, 0.717) is 6.61 Å². The molecule has 3 rings (SSSR count). The van der Waals surface area contributed by atoms with Crippen LogP contribution >= 0.6 is 0 Å². The molecule has 2 nitrogen and oxygen atoms in total. The molecule has 0 fully saturated rings. The summed E-state index contributed by atoms with van der Waals surface area (Å²) in [6, 6.07) is 24.6. The molecule has 21 heavy (non-hydrogen) atoms. The van der Waals surface area contributed by atoms with Crippen LogP contribution in [0.4, 0.5) is 0 Å².